The van der Waals surface area contributed by atoms with Crippen LogP contribution in [0.5, 0.6) is 0 Å². The summed E-state index contributed by atoms with van der Waals surface area (Å²) in [6.07, 6.45) is 0.222. The van der Waals surface area contributed by atoms with Crippen molar-refractivity contribution in [2.75, 3.05) is 5.32 Å². The lowest BCUT2D eigenvalue weighted by atomic mass is 10.2. The molecule has 0 amide bonds. The van der Waals surface area contributed by atoms with Crippen LogP contribution in [0.25, 0.3) is 0 Å². The van der Waals surface area contributed by atoms with E-state index in [1.54, 1.807) is 12.4 Å². The standard InChI is InChI=1S/C12H9ClF3N3/c13-10-3-9(12(14,15)16)1-2-11(10)19-6-8-4-17-7-18-5-8/h1-5,7,19H,6H2. The summed E-state index contributed by atoms with van der Waals surface area (Å²) in [5.41, 5.74) is 0.461. The quantitative estimate of drug-likeness (QED) is 0.934. The first kappa shape index (κ1) is 13.6. The highest BCUT2D eigenvalue weighted by Gasteiger charge is 2.30. The van der Waals surface area contributed by atoms with Gasteiger partial charge in [-0.15, -0.1) is 0 Å². The summed E-state index contributed by atoms with van der Waals surface area (Å²) < 4.78 is 37.4. The van der Waals surface area contributed by atoms with Gasteiger partial charge in [-0.05, 0) is 18.2 Å². The average Bonchev–Trinajstić information content (AvgIpc) is 2.37. The van der Waals surface area contributed by atoms with Crippen molar-refractivity contribution >= 4 is 17.3 Å². The molecule has 0 spiro atoms. The number of nitrogens with zero attached hydrogens (tertiary/aromatic N) is 2. The van der Waals surface area contributed by atoms with Gasteiger partial charge in [0.1, 0.15) is 6.33 Å². The van der Waals surface area contributed by atoms with E-state index in [4.69, 9.17) is 11.6 Å². The predicted octanol–water partition coefficient (Wildman–Crippen LogP) is 3.76. The SMILES string of the molecule is FC(F)(F)c1ccc(NCc2cncnc2)c(Cl)c1. The Morgan fingerprint density at radius 1 is 1.16 bits per heavy atom. The molecule has 0 aliphatic carbocycles. The van der Waals surface area contributed by atoms with Gasteiger partial charge in [0.15, 0.2) is 0 Å². The van der Waals surface area contributed by atoms with Gasteiger partial charge in [-0.2, -0.15) is 13.2 Å². The molecule has 0 bridgehead atoms. The number of alkyl halides is 3. The number of anilines is 1. The molecule has 3 nitrogen and oxygen atoms in total. The monoisotopic (exact) mass is 287 g/mol. The molecule has 0 aliphatic rings. The Hall–Kier alpha value is -1.82. The van der Waals surface area contributed by atoms with Crippen molar-refractivity contribution in [2.45, 2.75) is 12.7 Å². The lowest BCUT2D eigenvalue weighted by Crippen LogP contribution is -2.06. The topological polar surface area (TPSA) is 37.8 Å². The summed E-state index contributed by atoms with van der Waals surface area (Å²) >= 11 is 5.81. The van der Waals surface area contributed by atoms with E-state index in [1.807, 2.05) is 0 Å². The molecule has 0 aliphatic heterocycles. The smallest absolute Gasteiger partial charge is 0.380 e. The van der Waals surface area contributed by atoms with Gasteiger partial charge in [-0.1, -0.05) is 11.6 Å². The number of benzene rings is 1. The molecule has 100 valence electrons. The summed E-state index contributed by atoms with van der Waals surface area (Å²) in [7, 11) is 0. The summed E-state index contributed by atoms with van der Waals surface area (Å²) in [6, 6.07) is 3.18. The fraction of sp³-hybridized carbons (Fsp3) is 0.167. The van der Waals surface area contributed by atoms with Crippen LogP contribution < -0.4 is 5.32 Å². The van der Waals surface area contributed by atoms with E-state index in [1.165, 1.54) is 12.4 Å². The molecule has 0 radical (unpaired) electrons. The number of nitrogens with one attached hydrogen (secondary N) is 1. The number of hydrogen-bond acceptors (Lipinski definition) is 3. The van der Waals surface area contributed by atoms with Crippen LogP contribution in [0.3, 0.4) is 0 Å². The van der Waals surface area contributed by atoms with Gasteiger partial charge in [-0.25, -0.2) is 9.97 Å². The van der Waals surface area contributed by atoms with Crippen molar-refractivity contribution in [3.8, 4) is 0 Å². The largest absolute Gasteiger partial charge is 0.416 e. The first-order valence-electron chi connectivity index (χ1n) is 5.31. The first-order valence-corrected chi connectivity index (χ1v) is 5.69. The number of aromatic nitrogens is 2. The van der Waals surface area contributed by atoms with E-state index in [-0.39, 0.29) is 5.02 Å². The lowest BCUT2D eigenvalue weighted by Gasteiger charge is -2.11. The number of rotatable bonds is 3. The van der Waals surface area contributed by atoms with Crippen molar-refractivity contribution in [1.29, 1.82) is 0 Å². The second kappa shape index (κ2) is 5.44. The van der Waals surface area contributed by atoms with E-state index in [9.17, 15) is 13.2 Å². The van der Waals surface area contributed by atoms with Crippen LogP contribution in [0.4, 0.5) is 18.9 Å². The summed E-state index contributed by atoms with van der Waals surface area (Å²) in [5, 5.41) is 2.95. The molecule has 0 saturated carbocycles. The Morgan fingerprint density at radius 3 is 2.42 bits per heavy atom. The zero-order chi connectivity index (χ0) is 13.9. The first-order chi connectivity index (χ1) is 8.97. The molecule has 2 rings (SSSR count). The van der Waals surface area contributed by atoms with Gasteiger partial charge < -0.3 is 5.32 Å². The van der Waals surface area contributed by atoms with Crippen LogP contribution in [0.15, 0.2) is 36.9 Å². The summed E-state index contributed by atoms with van der Waals surface area (Å²) in [4.78, 5) is 7.67. The molecule has 0 atom stereocenters. The summed E-state index contributed by atoms with van der Waals surface area (Å²) in [5.74, 6) is 0. The third-order valence-corrected chi connectivity index (χ3v) is 2.71. The maximum Gasteiger partial charge on any atom is 0.416 e. The Bertz CT molecular complexity index is 558. The van der Waals surface area contributed by atoms with Crippen molar-refractivity contribution in [1.82, 2.24) is 9.97 Å². The van der Waals surface area contributed by atoms with Crippen LogP contribution in [0.1, 0.15) is 11.1 Å². The molecule has 1 aromatic heterocycles. The molecule has 0 unspecified atom stereocenters. The molecular weight excluding hydrogens is 279 g/mol. The van der Waals surface area contributed by atoms with Crippen LogP contribution >= 0.6 is 11.6 Å². The minimum atomic E-state index is -4.39. The molecule has 1 heterocycles. The van der Waals surface area contributed by atoms with E-state index in [0.717, 1.165) is 17.7 Å². The molecule has 7 heteroatoms. The van der Waals surface area contributed by atoms with E-state index < -0.39 is 11.7 Å². The normalized spacial score (nSPS) is 11.4. The van der Waals surface area contributed by atoms with Crippen LogP contribution in [0, 0.1) is 0 Å². The molecule has 1 aromatic carbocycles. The van der Waals surface area contributed by atoms with Gasteiger partial charge in [0.25, 0.3) is 0 Å². The maximum atomic E-state index is 12.5. The number of hydrogen-bond donors (Lipinski definition) is 1. The average molecular weight is 288 g/mol. The lowest BCUT2D eigenvalue weighted by molar-refractivity contribution is -0.137. The zero-order valence-corrected chi connectivity index (χ0v) is 10.3. The third kappa shape index (κ3) is 3.57. The molecule has 1 N–H and O–H groups in total. The second-order valence-electron chi connectivity index (χ2n) is 3.79. The predicted molar refractivity (Wildman–Crippen MR) is 65.8 cm³/mol. The Balaban J connectivity index is 2.10. The van der Waals surface area contributed by atoms with E-state index in [2.05, 4.69) is 15.3 Å². The Labute approximate surface area is 112 Å². The van der Waals surface area contributed by atoms with Crippen molar-refractivity contribution in [2.24, 2.45) is 0 Å². The van der Waals surface area contributed by atoms with Crippen molar-refractivity contribution < 1.29 is 13.2 Å². The van der Waals surface area contributed by atoms with Gasteiger partial charge in [0.05, 0.1) is 16.3 Å². The molecule has 19 heavy (non-hydrogen) atoms. The summed E-state index contributed by atoms with van der Waals surface area (Å²) in [6.45, 7) is 0.381. The van der Waals surface area contributed by atoms with Crippen LogP contribution in [0.2, 0.25) is 5.02 Å². The van der Waals surface area contributed by atoms with E-state index >= 15 is 0 Å². The Morgan fingerprint density at radius 2 is 1.84 bits per heavy atom. The number of halogens is 4. The minimum Gasteiger partial charge on any atom is -0.380 e. The maximum absolute atomic E-state index is 12.5. The highest BCUT2D eigenvalue weighted by Crippen LogP contribution is 2.33. The van der Waals surface area contributed by atoms with Crippen molar-refractivity contribution in [3.05, 3.63) is 53.1 Å². The second-order valence-corrected chi connectivity index (χ2v) is 4.20. The highest BCUT2D eigenvalue weighted by atomic mass is 35.5. The van der Waals surface area contributed by atoms with E-state index in [0.29, 0.717) is 12.2 Å². The molecular formula is C12H9ClF3N3. The zero-order valence-electron chi connectivity index (χ0n) is 9.58. The highest BCUT2D eigenvalue weighted by molar-refractivity contribution is 6.33. The third-order valence-electron chi connectivity index (χ3n) is 2.39. The molecule has 2 aromatic rings. The molecule has 0 fully saturated rings. The van der Waals surface area contributed by atoms with Crippen molar-refractivity contribution in [3.63, 3.8) is 0 Å². The minimum absolute atomic E-state index is 0.0201. The molecule has 0 saturated heterocycles. The van der Waals surface area contributed by atoms with Gasteiger partial charge in [0.2, 0.25) is 0 Å². The van der Waals surface area contributed by atoms with Gasteiger partial charge in [-0.3, -0.25) is 0 Å². The van der Waals surface area contributed by atoms with Gasteiger partial charge in [0, 0.05) is 24.5 Å². The van der Waals surface area contributed by atoms with Crippen LogP contribution in [-0.4, -0.2) is 9.97 Å². The van der Waals surface area contributed by atoms with Gasteiger partial charge >= 0.3 is 6.18 Å². The van der Waals surface area contributed by atoms with Crippen LogP contribution in [-0.2, 0) is 12.7 Å². The Kier molecular flexibility index (Phi) is 3.90. The fourth-order valence-electron chi connectivity index (χ4n) is 1.45. The fourth-order valence-corrected chi connectivity index (χ4v) is 1.70.